The van der Waals surface area contributed by atoms with Crippen LogP contribution in [0.1, 0.15) is 40.5 Å². The molecule has 1 amide bonds. The monoisotopic (exact) mass is 372 g/mol. The van der Waals surface area contributed by atoms with Gasteiger partial charge in [-0.3, -0.25) is 4.99 Å². The van der Waals surface area contributed by atoms with Crippen LogP contribution in [0.5, 0.6) is 0 Å². The summed E-state index contributed by atoms with van der Waals surface area (Å²) in [6, 6.07) is 0. The first-order chi connectivity index (χ1) is 11.8. The second-order valence-electron chi connectivity index (χ2n) is 7.42. The highest BCUT2D eigenvalue weighted by molar-refractivity contribution is 7.98. The normalized spacial score (nSPS) is 16.7. The topological polar surface area (TPSA) is 57.2 Å². The quantitative estimate of drug-likeness (QED) is 0.441. The van der Waals surface area contributed by atoms with Gasteiger partial charge in [0.1, 0.15) is 5.60 Å². The summed E-state index contributed by atoms with van der Waals surface area (Å²) < 4.78 is 5.51. The Hall–Kier alpha value is -1.11. The van der Waals surface area contributed by atoms with E-state index in [4.69, 9.17) is 4.74 Å². The van der Waals surface area contributed by atoms with Crippen molar-refractivity contribution in [2.45, 2.75) is 46.1 Å². The number of hydrogen-bond donors (Lipinski definition) is 1. The van der Waals surface area contributed by atoms with E-state index in [1.54, 1.807) is 0 Å². The van der Waals surface area contributed by atoms with Crippen LogP contribution >= 0.6 is 11.8 Å². The zero-order valence-electron chi connectivity index (χ0n) is 16.8. The highest BCUT2D eigenvalue weighted by Crippen LogP contribution is 2.20. The Kier molecular flexibility index (Phi) is 9.46. The Bertz CT molecular complexity index is 429. The highest BCUT2D eigenvalue weighted by Gasteiger charge is 2.26. The molecule has 1 heterocycles. The maximum absolute atomic E-state index is 12.3. The van der Waals surface area contributed by atoms with Crippen LogP contribution in [0, 0.1) is 5.92 Å². The molecule has 1 N–H and O–H groups in total. The molecule has 1 aliphatic heterocycles. The molecule has 6 nitrogen and oxygen atoms in total. The van der Waals surface area contributed by atoms with Crippen molar-refractivity contribution >= 4 is 23.8 Å². The van der Waals surface area contributed by atoms with Gasteiger partial charge in [-0.1, -0.05) is 0 Å². The lowest BCUT2D eigenvalue weighted by Gasteiger charge is -2.36. The second-order valence-corrected chi connectivity index (χ2v) is 8.40. The van der Waals surface area contributed by atoms with E-state index in [0.717, 1.165) is 50.7 Å². The summed E-state index contributed by atoms with van der Waals surface area (Å²) in [6.45, 7) is 12.1. The molecule has 0 aromatic rings. The number of rotatable bonds is 6. The number of aliphatic imine (C=N–C) groups is 1. The van der Waals surface area contributed by atoms with E-state index in [-0.39, 0.29) is 6.09 Å². The van der Waals surface area contributed by atoms with Crippen LogP contribution in [0.4, 0.5) is 4.79 Å². The van der Waals surface area contributed by atoms with Crippen LogP contribution in [-0.4, -0.2) is 79.2 Å². The lowest BCUT2D eigenvalue weighted by Crippen LogP contribution is -2.48. The summed E-state index contributed by atoms with van der Waals surface area (Å²) in [5.74, 6) is 2.59. The van der Waals surface area contributed by atoms with Gasteiger partial charge < -0.3 is 19.9 Å². The van der Waals surface area contributed by atoms with Gasteiger partial charge in [0.2, 0.25) is 0 Å². The molecule has 0 aromatic heterocycles. The molecular formula is C18H36N4O2S. The third-order valence-electron chi connectivity index (χ3n) is 4.23. The van der Waals surface area contributed by atoms with E-state index in [1.165, 1.54) is 0 Å². The number of carbonyl (C=O) groups excluding carboxylic acids is 1. The number of amides is 1. The molecule has 146 valence electrons. The Morgan fingerprint density at radius 3 is 2.48 bits per heavy atom. The van der Waals surface area contributed by atoms with Crippen LogP contribution in [-0.2, 0) is 4.74 Å². The van der Waals surface area contributed by atoms with Crippen LogP contribution in [0.15, 0.2) is 4.99 Å². The molecule has 0 radical (unpaired) electrons. The molecule has 0 saturated carbocycles. The number of nitrogens with one attached hydrogen (secondary N) is 1. The smallest absolute Gasteiger partial charge is 0.410 e. The average molecular weight is 373 g/mol. The average Bonchev–Trinajstić information content (AvgIpc) is 2.56. The largest absolute Gasteiger partial charge is 0.444 e. The van der Waals surface area contributed by atoms with Gasteiger partial charge in [-0.05, 0) is 52.7 Å². The third-order valence-corrected chi connectivity index (χ3v) is 4.84. The van der Waals surface area contributed by atoms with Crippen molar-refractivity contribution in [3.8, 4) is 0 Å². The summed E-state index contributed by atoms with van der Waals surface area (Å²) in [5, 5.41) is 3.42. The maximum Gasteiger partial charge on any atom is 0.410 e. The summed E-state index contributed by atoms with van der Waals surface area (Å²) >= 11 is 1.83. The number of thioether (sulfide) groups is 1. The molecule has 1 saturated heterocycles. The predicted molar refractivity (Wildman–Crippen MR) is 108 cm³/mol. The fraction of sp³-hybridized carbons (Fsp3) is 0.889. The van der Waals surface area contributed by atoms with Gasteiger partial charge in [0.05, 0.1) is 0 Å². The van der Waals surface area contributed by atoms with E-state index in [1.807, 2.05) is 51.4 Å². The van der Waals surface area contributed by atoms with Gasteiger partial charge in [-0.2, -0.15) is 11.8 Å². The molecule has 0 unspecified atom stereocenters. The fourth-order valence-electron chi connectivity index (χ4n) is 2.90. The molecule has 1 aliphatic rings. The van der Waals surface area contributed by atoms with Gasteiger partial charge in [-0.15, -0.1) is 0 Å². The van der Waals surface area contributed by atoms with E-state index in [2.05, 4.69) is 21.5 Å². The zero-order chi connectivity index (χ0) is 18.9. The summed E-state index contributed by atoms with van der Waals surface area (Å²) in [5.41, 5.74) is -0.442. The van der Waals surface area contributed by atoms with Gasteiger partial charge >= 0.3 is 6.09 Å². The van der Waals surface area contributed by atoms with Crippen LogP contribution < -0.4 is 5.32 Å². The number of piperidine rings is 1. The number of carbonyl (C=O) groups is 1. The number of likely N-dealkylation sites (tertiary alicyclic amines) is 1. The predicted octanol–water partition coefficient (Wildman–Crippen LogP) is 2.89. The molecule has 7 heteroatoms. The first-order valence-electron chi connectivity index (χ1n) is 9.23. The Labute approximate surface area is 157 Å². The first kappa shape index (κ1) is 21.9. The number of guanidine groups is 1. The Morgan fingerprint density at radius 1 is 1.36 bits per heavy atom. The van der Waals surface area contributed by atoms with Crippen molar-refractivity contribution < 1.29 is 9.53 Å². The standard InChI is InChI=1S/C18H36N4O2S/c1-7-21(17(23)24-18(2,3)4)14-15-8-11-22(12-9-15)16(19-5)20-10-13-25-6/h15H,7-14H2,1-6H3,(H,19,20). The molecule has 0 aliphatic carbocycles. The van der Waals surface area contributed by atoms with Crippen molar-refractivity contribution in [3.63, 3.8) is 0 Å². The first-order valence-corrected chi connectivity index (χ1v) is 10.6. The zero-order valence-corrected chi connectivity index (χ0v) is 17.6. The molecule has 1 fully saturated rings. The van der Waals surface area contributed by atoms with Crippen LogP contribution in [0.3, 0.4) is 0 Å². The minimum atomic E-state index is -0.442. The Balaban J connectivity index is 2.45. The molecular weight excluding hydrogens is 336 g/mol. The van der Waals surface area contributed by atoms with Crippen molar-refractivity contribution in [1.29, 1.82) is 0 Å². The number of hydrogen-bond acceptors (Lipinski definition) is 4. The van der Waals surface area contributed by atoms with E-state index in [0.29, 0.717) is 12.5 Å². The van der Waals surface area contributed by atoms with Crippen LogP contribution in [0.2, 0.25) is 0 Å². The minimum absolute atomic E-state index is 0.202. The highest BCUT2D eigenvalue weighted by atomic mass is 32.2. The van der Waals surface area contributed by atoms with Crippen LogP contribution in [0.25, 0.3) is 0 Å². The summed E-state index contributed by atoms with van der Waals surface area (Å²) in [7, 11) is 1.84. The second kappa shape index (κ2) is 10.8. The molecule has 0 spiro atoms. The lowest BCUT2D eigenvalue weighted by molar-refractivity contribution is 0.0214. The molecule has 1 rings (SSSR count). The van der Waals surface area contributed by atoms with Gasteiger partial charge in [0.25, 0.3) is 0 Å². The van der Waals surface area contributed by atoms with E-state index in [9.17, 15) is 4.79 Å². The summed E-state index contributed by atoms with van der Waals surface area (Å²) in [6.07, 6.45) is 4.05. The number of ether oxygens (including phenoxy) is 1. The van der Waals surface area contributed by atoms with Gasteiger partial charge in [-0.25, -0.2) is 4.79 Å². The SMILES string of the molecule is CCN(CC1CCN(C(=NC)NCCSC)CC1)C(=O)OC(C)(C)C. The van der Waals surface area contributed by atoms with Crippen molar-refractivity contribution in [1.82, 2.24) is 15.1 Å². The molecule has 0 bridgehead atoms. The Morgan fingerprint density at radius 2 is 2.00 bits per heavy atom. The lowest BCUT2D eigenvalue weighted by atomic mass is 9.96. The summed E-state index contributed by atoms with van der Waals surface area (Å²) in [4.78, 5) is 20.8. The molecule has 0 atom stereocenters. The molecule has 0 aromatic carbocycles. The van der Waals surface area contributed by atoms with Crippen molar-refractivity contribution in [2.24, 2.45) is 10.9 Å². The van der Waals surface area contributed by atoms with Crippen molar-refractivity contribution in [3.05, 3.63) is 0 Å². The molecule has 25 heavy (non-hydrogen) atoms. The fourth-order valence-corrected chi connectivity index (χ4v) is 3.20. The van der Waals surface area contributed by atoms with Gasteiger partial charge in [0.15, 0.2) is 5.96 Å². The third kappa shape index (κ3) is 8.21. The van der Waals surface area contributed by atoms with Crippen molar-refractivity contribution in [2.75, 3.05) is 51.8 Å². The minimum Gasteiger partial charge on any atom is -0.444 e. The van der Waals surface area contributed by atoms with Gasteiger partial charge in [0, 0.05) is 45.5 Å². The number of nitrogens with zero attached hydrogens (tertiary/aromatic N) is 3. The van der Waals surface area contributed by atoms with E-state index < -0.39 is 5.60 Å². The maximum atomic E-state index is 12.3. The van der Waals surface area contributed by atoms with E-state index >= 15 is 0 Å².